The van der Waals surface area contributed by atoms with Crippen LogP contribution in [0.25, 0.3) is 0 Å². The normalized spacial score (nSPS) is 10.3. The van der Waals surface area contributed by atoms with Gasteiger partial charge < -0.3 is 15.0 Å². The number of thiocarbonyl (C=S) groups is 1. The van der Waals surface area contributed by atoms with Crippen LogP contribution >= 0.6 is 28.1 Å². The number of unbranched alkanes of at least 4 members (excludes halogenated alkanes) is 3. The quantitative estimate of drug-likeness (QED) is 0.360. The number of hydrogen-bond donors (Lipinski definition) is 2. The molecule has 0 heterocycles. The highest BCUT2D eigenvalue weighted by Gasteiger charge is 2.17. The molecule has 0 bridgehead atoms. The van der Waals surface area contributed by atoms with Crippen molar-refractivity contribution in [3.63, 3.8) is 0 Å². The van der Waals surface area contributed by atoms with Crippen LogP contribution in [0.3, 0.4) is 0 Å². The van der Waals surface area contributed by atoms with Crippen LogP contribution in [0.4, 0.5) is 5.69 Å². The minimum Gasteiger partial charge on any atom is -0.493 e. The molecule has 0 aliphatic carbocycles. The lowest BCUT2D eigenvalue weighted by molar-refractivity contribution is 0.0828. The number of nitrogens with zero attached hydrogens (tertiary/aromatic N) is 1. The van der Waals surface area contributed by atoms with Gasteiger partial charge in [-0.05, 0) is 49.0 Å². The standard InChI is InChI=1S/C23H28BrN3O3S/c1-4-5-6-9-14-30-20-13-12-16(24)15-18(20)21(28)26-23(31)25-19-11-8-7-10-17(19)22(29)27(2)3/h7-8,10-13,15H,4-6,9,14H2,1-3H3,(H2,25,26,28,31). The third-order valence-electron chi connectivity index (χ3n) is 4.48. The van der Waals surface area contributed by atoms with Crippen molar-refractivity contribution in [3.05, 3.63) is 58.1 Å². The van der Waals surface area contributed by atoms with Gasteiger partial charge in [0.25, 0.3) is 11.8 Å². The molecule has 2 rings (SSSR count). The molecule has 31 heavy (non-hydrogen) atoms. The SMILES string of the molecule is CCCCCCOc1ccc(Br)cc1C(=O)NC(=S)Nc1ccccc1C(=O)N(C)C. The second-order valence-electron chi connectivity index (χ2n) is 7.20. The van der Waals surface area contributed by atoms with Crippen molar-refractivity contribution in [2.45, 2.75) is 32.6 Å². The molecule has 2 N–H and O–H groups in total. The lowest BCUT2D eigenvalue weighted by atomic mass is 10.1. The molecule has 0 radical (unpaired) electrons. The van der Waals surface area contributed by atoms with Gasteiger partial charge in [0.1, 0.15) is 5.75 Å². The predicted octanol–water partition coefficient (Wildman–Crippen LogP) is 5.24. The molecule has 166 valence electrons. The van der Waals surface area contributed by atoms with Crippen LogP contribution in [0.5, 0.6) is 5.75 Å². The molecule has 2 aromatic rings. The Morgan fingerprint density at radius 3 is 2.52 bits per heavy atom. The number of amides is 2. The molecule has 2 aromatic carbocycles. The maximum atomic E-state index is 12.9. The average Bonchev–Trinajstić information content (AvgIpc) is 2.74. The molecule has 0 aromatic heterocycles. The fourth-order valence-corrected chi connectivity index (χ4v) is 3.42. The van der Waals surface area contributed by atoms with E-state index in [1.807, 2.05) is 6.07 Å². The summed E-state index contributed by atoms with van der Waals surface area (Å²) in [7, 11) is 3.35. The van der Waals surface area contributed by atoms with Gasteiger partial charge in [-0.2, -0.15) is 0 Å². The first-order chi connectivity index (χ1) is 14.8. The van der Waals surface area contributed by atoms with Crippen molar-refractivity contribution in [1.82, 2.24) is 10.2 Å². The monoisotopic (exact) mass is 505 g/mol. The molecule has 0 saturated carbocycles. The van der Waals surface area contributed by atoms with Gasteiger partial charge in [-0.15, -0.1) is 0 Å². The fraction of sp³-hybridized carbons (Fsp3) is 0.348. The number of hydrogen-bond acceptors (Lipinski definition) is 4. The van der Waals surface area contributed by atoms with Crippen molar-refractivity contribution >= 4 is 50.8 Å². The van der Waals surface area contributed by atoms with Gasteiger partial charge >= 0.3 is 0 Å². The Labute approximate surface area is 197 Å². The Bertz CT molecular complexity index is 934. The van der Waals surface area contributed by atoms with Crippen LogP contribution in [0.15, 0.2) is 46.9 Å². The fourth-order valence-electron chi connectivity index (χ4n) is 2.86. The van der Waals surface area contributed by atoms with E-state index in [4.69, 9.17) is 17.0 Å². The van der Waals surface area contributed by atoms with E-state index in [1.54, 1.807) is 50.5 Å². The topological polar surface area (TPSA) is 70.7 Å². The van der Waals surface area contributed by atoms with E-state index in [0.29, 0.717) is 29.2 Å². The van der Waals surface area contributed by atoms with E-state index in [1.165, 1.54) is 4.90 Å². The smallest absolute Gasteiger partial charge is 0.261 e. The molecule has 0 fully saturated rings. The van der Waals surface area contributed by atoms with Crippen molar-refractivity contribution in [2.24, 2.45) is 0 Å². The van der Waals surface area contributed by atoms with E-state index < -0.39 is 5.91 Å². The van der Waals surface area contributed by atoms with E-state index >= 15 is 0 Å². The molecule has 6 nitrogen and oxygen atoms in total. The van der Waals surface area contributed by atoms with Gasteiger partial charge in [0.15, 0.2) is 5.11 Å². The summed E-state index contributed by atoms with van der Waals surface area (Å²) in [5.41, 5.74) is 1.36. The van der Waals surface area contributed by atoms with Gasteiger partial charge in [0.05, 0.1) is 23.4 Å². The first-order valence-electron chi connectivity index (χ1n) is 10.2. The van der Waals surface area contributed by atoms with Gasteiger partial charge in [0.2, 0.25) is 0 Å². The Morgan fingerprint density at radius 2 is 1.81 bits per heavy atom. The summed E-state index contributed by atoms with van der Waals surface area (Å²) in [4.78, 5) is 26.7. The van der Waals surface area contributed by atoms with Gasteiger partial charge in [-0.3, -0.25) is 14.9 Å². The lowest BCUT2D eigenvalue weighted by Crippen LogP contribution is -2.35. The molecule has 0 aliphatic heterocycles. The number of ether oxygens (including phenoxy) is 1. The molecule has 0 aliphatic rings. The first-order valence-corrected chi connectivity index (χ1v) is 11.4. The van der Waals surface area contributed by atoms with E-state index in [0.717, 1.165) is 30.2 Å². The molecular weight excluding hydrogens is 478 g/mol. The van der Waals surface area contributed by atoms with Crippen molar-refractivity contribution in [3.8, 4) is 5.75 Å². The minimum absolute atomic E-state index is 0.0953. The summed E-state index contributed by atoms with van der Waals surface area (Å²) in [5.74, 6) is -0.0510. The maximum Gasteiger partial charge on any atom is 0.261 e. The second kappa shape index (κ2) is 12.4. The largest absolute Gasteiger partial charge is 0.493 e. The average molecular weight is 506 g/mol. The Morgan fingerprint density at radius 1 is 1.06 bits per heavy atom. The van der Waals surface area contributed by atoms with E-state index in [2.05, 4.69) is 33.5 Å². The van der Waals surface area contributed by atoms with Gasteiger partial charge in [-0.1, -0.05) is 54.2 Å². The van der Waals surface area contributed by atoms with Crippen molar-refractivity contribution < 1.29 is 14.3 Å². The zero-order valence-corrected chi connectivity index (χ0v) is 20.4. The third kappa shape index (κ3) is 7.63. The summed E-state index contributed by atoms with van der Waals surface area (Å²) in [6, 6.07) is 12.3. The number of nitrogens with one attached hydrogen (secondary N) is 2. The van der Waals surface area contributed by atoms with Crippen molar-refractivity contribution in [1.29, 1.82) is 0 Å². The molecule has 0 spiro atoms. The summed E-state index contributed by atoms with van der Waals surface area (Å²) < 4.78 is 6.60. The van der Waals surface area contributed by atoms with Crippen LogP contribution in [0.2, 0.25) is 0 Å². The zero-order chi connectivity index (χ0) is 22.8. The maximum absolute atomic E-state index is 12.9. The number of carbonyl (C=O) groups excluding carboxylic acids is 2. The highest BCUT2D eigenvalue weighted by atomic mass is 79.9. The minimum atomic E-state index is -0.390. The number of anilines is 1. The van der Waals surface area contributed by atoms with Crippen LogP contribution < -0.4 is 15.4 Å². The third-order valence-corrected chi connectivity index (χ3v) is 5.18. The highest BCUT2D eigenvalue weighted by Crippen LogP contribution is 2.24. The van der Waals surface area contributed by atoms with E-state index in [9.17, 15) is 9.59 Å². The molecular formula is C23H28BrN3O3S. The molecule has 0 saturated heterocycles. The number of halogens is 1. The van der Waals surface area contributed by atoms with Crippen LogP contribution in [-0.2, 0) is 0 Å². The molecule has 8 heteroatoms. The van der Waals surface area contributed by atoms with Crippen LogP contribution in [0.1, 0.15) is 53.3 Å². The first kappa shape index (κ1) is 24.8. The van der Waals surface area contributed by atoms with Crippen LogP contribution in [0, 0.1) is 0 Å². The summed E-state index contributed by atoms with van der Waals surface area (Å²) in [6.45, 7) is 2.70. The summed E-state index contributed by atoms with van der Waals surface area (Å²) >= 11 is 8.71. The highest BCUT2D eigenvalue weighted by molar-refractivity contribution is 9.10. The Hall–Kier alpha value is -2.45. The number of benzene rings is 2. The molecule has 2 amide bonds. The number of carbonyl (C=O) groups is 2. The molecule has 0 atom stereocenters. The van der Waals surface area contributed by atoms with Crippen LogP contribution in [-0.4, -0.2) is 42.5 Å². The lowest BCUT2D eigenvalue weighted by Gasteiger charge is -2.16. The number of rotatable bonds is 9. The van der Waals surface area contributed by atoms with E-state index in [-0.39, 0.29) is 11.0 Å². The number of para-hydroxylation sites is 1. The zero-order valence-electron chi connectivity index (χ0n) is 18.0. The van der Waals surface area contributed by atoms with Crippen molar-refractivity contribution in [2.75, 3.05) is 26.0 Å². The second-order valence-corrected chi connectivity index (χ2v) is 8.53. The summed E-state index contributed by atoms with van der Waals surface area (Å²) in [6.07, 6.45) is 4.34. The predicted molar refractivity (Wildman–Crippen MR) is 132 cm³/mol. The summed E-state index contributed by atoms with van der Waals surface area (Å²) in [5, 5.41) is 5.72. The Kier molecular flexibility index (Phi) is 9.94. The Balaban J connectivity index is 2.07. The molecule has 0 unspecified atom stereocenters. The van der Waals surface area contributed by atoms with Gasteiger partial charge in [-0.25, -0.2) is 0 Å². The van der Waals surface area contributed by atoms with Gasteiger partial charge in [0, 0.05) is 18.6 Å².